The number of amides is 3. The molecule has 2 aliphatic heterocycles. The molecule has 0 spiro atoms. The summed E-state index contributed by atoms with van der Waals surface area (Å²) in [4.78, 5) is 29.8. The van der Waals surface area contributed by atoms with Crippen LogP contribution in [0.5, 0.6) is 5.75 Å². The van der Waals surface area contributed by atoms with E-state index in [-0.39, 0.29) is 18.0 Å². The van der Waals surface area contributed by atoms with Crippen LogP contribution in [0.1, 0.15) is 55.3 Å². The third-order valence-corrected chi connectivity index (χ3v) is 7.24. The fraction of sp³-hybridized carbons (Fsp3) is 0.692. The zero-order valence-corrected chi connectivity index (χ0v) is 20.6. The van der Waals surface area contributed by atoms with Crippen LogP contribution in [0.4, 0.5) is 4.79 Å². The average Bonchev–Trinajstić information content (AvgIpc) is 3.07. The molecule has 9 nitrogen and oxygen atoms in total. The molecule has 3 N–H and O–H groups in total. The number of nitrogens with zero attached hydrogens (tertiary/aromatic N) is 2. The van der Waals surface area contributed by atoms with E-state index >= 15 is 0 Å². The fourth-order valence-corrected chi connectivity index (χ4v) is 5.05. The lowest BCUT2D eigenvalue weighted by Crippen LogP contribution is -2.53. The lowest BCUT2D eigenvalue weighted by molar-refractivity contribution is 0.0322. The molecule has 2 unspecified atom stereocenters. The Kier molecular flexibility index (Phi) is 9.62. The van der Waals surface area contributed by atoms with Crippen molar-refractivity contribution in [3.63, 3.8) is 0 Å². The van der Waals surface area contributed by atoms with Gasteiger partial charge in [-0.25, -0.2) is 4.79 Å². The molecule has 3 aliphatic rings. The molecule has 0 aromatic heterocycles. The van der Waals surface area contributed by atoms with Gasteiger partial charge in [0.2, 0.25) is 0 Å². The molecule has 3 fully saturated rings. The maximum absolute atomic E-state index is 12.9. The predicted octanol–water partition coefficient (Wildman–Crippen LogP) is 1.99. The molecule has 3 amide bonds. The van der Waals surface area contributed by atoms with Crippen LogP contribution in [0.15, 0.2) is 24.3 Å². The molecule has 4 rings (SSSR count). The van der Waals surface area contributed by atoms with Gasteiger partial charge in [0, 0.05) is 44.3 Å². The van der Waals surface area contributed by atoms with Gasteiger partial charge in [0.05, 0.1) is 25.4 Å². The molecule has 9 heteroatoms. The van der Waals surface area contributed by atoms with Crippen LogP contribution in [0.3, 0.4) is 0 Å². The van der Waals surface area contributed by atoms with Crippen molar-refractivity contribution in [3.05, 3.63) is 29.8 Å². The molecule has 0 bridgehead atoms. The first-order valence-corrected chi connectivity index (χ1v) is 13.2. The number of nitrogens with one attached hydrogen (secondary N) is 2. The first kappa shape index (κ1) is 25.7. The van der Waals surface area contributed by atoms with Crippen molar-refractivity contribution in [1.29, 1.82) is 0 Å². The maximum Gasteiger partial charge on any atom is 0.317 e. The Hall–Kier alpha value is -2.36. The molecule has 1 aromatic rings. The number of urea groups is 1. The number of carbonyl (C=O) groups excluding carboxylic acids is 2. The second-order valence-corrected chi connectivity index (χ2v) is 9.85. The van der Waals surface area contributed by atoms with Gasteiger partial charge < -0.3 is 30.1 Å². The SMILES string of the molecule is O=C(NC1CN(C(=O)NC2CCCCC2)CCCC1O)c1ccc(OCCN2CCOCC2)cc1. The van der Waals surface area contributed by atoms with E-state index in [1.165, 1.54) is 6.42 Å². The first-order valence-electron chi connectivity index (χ1n) is 13.2. The van der Waals surface area contributed by atoms with Crippen LogP contribution in [0.25, 0.3) is 0 Å². The van der Waals surface area contributed by atoms with Crippen molar-refractivity contribution in [1.82, 2.24) is 20.4 Å². The monoisotopic (exact) mass is 488 g/mol. The standard InChI is InChI=1S/C26H40N4O5/c31-24-7-4-12-30(26(33)27-21-5-2-1-3-6-21)19-23(24)28-25(32)20-8-10-22(11-9-20)35-18-15-29-13-16-34-17-14-29/h8-11,21,23-24,31H,1-7,12-19H2,(H,27,33)(H,28,32). The van der Waals surface area contributed by atoms with Gasteiger partial charge in [-0.15, -0.1) is 0 Å². The molecule has 1 saturated carbocycles. The van der Waals surface area contributed by atoms with E-state index in [2.05, 4.69) is 15.5 Å². The normalized spacial score (nSPS) is 24.4. The fourth-order valence-electron chi connectivity index (χ4n) is 5.05. The number of hydrogen-bond donors (Lipinski definition) is 3. The van der Waals surface area contributed by atoms with Gasteiger partial charge in [-0.1, -0.05) is 19.3 Å². The Bertz CT molecular complexity index is 808. The number of carbonyl (C=O) groups is 2. The quantitative estimate of drug-likeness (QED) is 0.543. The molecule has 1 aromatic carbocycles. The highest BCUT2D eigenvalue weighted by Crippen LogP contribution is 2.19. The summed E-state index contributed by atoms with van der Waals surface area (Å²) in [6.45, 7) is 5.69. The van der Waals surface area contributed by atoms with Gasteiger partial charge in [-0.2, -0.15) is 0 Å². The number of benzene rings is 1. The van der Waals surface area contributed by atoms with Gasteiger partial charge >= 0.3 is 6.03 Å². The van der Waals surface area contributed by atoms with E-state index < -0.39 is 12.1 Å². The average molecular weight is 489 g/mol. The van der Waals surface area contributed by atoms with Crippen molar-refractivity contribution in [2.75, 3.05) is 52.5 Å². The van der Waals surface area contributed by atoms with Gasteiger partial charge in [-0.3, -0.25) is 9.69 Å². The minimum Gasteiger partial charge on any atom is -0.492 e. The molecule has 194 valence electrons. The highest BCUT2D eigenvalue weighted by Gasteiger charge is 2.30. The Morgan fingerprint density at radius 2 is 1.71 bits per heavy atom. The predicted molar refractivity (Wildman–Crippen MR) is 133 cm³/mol. The Morgan fingerprint density at radius 1 is 0.971 bits per heavy atom. The van der Waals surface area contributed by atoms with Gasteiger partial charge in [-0.05, 0) is 49.9 Å². The minimum absolute atomic E-state index is 0.0937. The number of aliphatic hydroxyl groups is 1. The van der Waals surface area contributed by atoms with E-state index in [0.29, 0.717) is 38.1 Å². The van der Waals surface area contributed by atoms with Crippen LogP contribution in [-0.4, -0.2) is 97.6 Å². The third kappa shape index (κ3) is 7.81. The second-order valence-electron chi connectivity index (χ2n) is 9.85. The summed E-state index contributed by atoms with van der Waals surface area (Å²) in [7, 11) is 0. The smallest absolute Gasteiger partial charge is 0.317 e. The lowest BCUT2D eigenvalue weighted by Gasteiger charge is -2.30. The Morgan fingerprint density at radius 3 is 2.46 bits per heavy atom. The Balaban J connectivity index is 1.26. The summed E-state index contributed by atoms with van der Waals surface area (Å²) in [6.07, 6.45) is 6.16. The van der Waals surface area contributed by atoms with E-state index in [1.807, 2.05) is 0 Å². The van der Waals surface area contributed by atoms with Crippen molar-refractivity contribution in [2.45, 2.75) is 63.1 Å². The topological polar surface area (TPSA) is 103 Å². The second kappa shape index (κ2) is 13.1. The molecule has 1 aliphatic carbocycles. The first-order chi connectivity index (χ1) is 17.1. The molecule has 2 atom stereocenters. The van der Waals surface area contributed by atoms with Crippen LogP contribution in [0.2, 0.25) is 0 Å². The highest BCUT2D eigenvalue weighted by molar-refractivity contribution is 5.94. The molecular formula is C26H40N4O5. The van der Waals surface area contributed by atoms with Gasteiger partial charge in [0.25, 0.3) is 5.91 Å². The van der Waals surface area contributed by atoms with E-state index in [0.717, 1.165) is 64.3 Å². The van der Waals surface area contributed by atoms with E-state index in [1.54, 1.807) is 29.2 Å². The summed E-state index contributed by atoms with van der Waals surface area (Å²) in [6, 6.07) is 6.68. The van der Waals surface area contributed by atoms with Crippen LogP contribution >= 0.6 is 0 Å². The molecule has 2 saturated heterocycles. The highest BCUT2D eigenvalue weighted by atomic mass is 16.5. The number of hydrogen-bond acceptors (Lipinski definition) is 6. The minimum atomic E-state index is -0.686. The van der Waals surface area contributed by atoms with Crippen molar-refractivity contribution in [3.8, 4) is 5.75 Å². The van der Waals surface area contributed by atoms with E-state index in [9.17, 15) is 14.7 Å². The maximum atomic E-state index is 12.9. The number of morpholine rings is 1. The van der Waals surface area contributed by atoms with Crippen molar-refractivity contribution >= 4 is 11.9 Å². The summed E-state index contributed by atoms with van der Waals surface area (Å²) in [5.74, 6) is 0.457. The van der Waals surface area contributed by atoms with Crippen molar-refractivity contribution in [2.24, 2.45) is 0 Å². The number of likely N-dealkylation sites (tertiary alicyclic amines) is 1. The lowest BCUT2D eigenvalue weighted by atomic mass is 9.96. The zero-order chi connectivity index (χ0) is 24.5. The number of aliphatic hydroxyl groups excluding tert-OH is 1. The molecule has 0 radical (unpaired) electrons. The zero-order valence-electron chi connectivity index (χ0n) is 20.6. The molecule has 35 heavy (non-hydrogen) atoms. The summed E-state index contributed by atoms with van der Waals surface area (Å²) < 4.78 is 11.2. The Labute approximate surface area is 208 Å². The van der Waals surface area contributed by atoms with E-state index in [4.69, 9.17) is 9.47 Å². The summed E-state index contributed by atoms with van der Waals surface area (Å²) >= 11 is 0. The summed E-state index contributed by atoms with van der Waals surface area (Å²) in [5.41, 5.74) is 0.500. The number of ether oxygens (including phenoxy) is 2. The van der Waals surface area contributed by atoms with Crippen molar-refractivity contribution < 1.29 is 24.2 Å². The van der Waals surface area contributed by atoms with Gasteiger partial charge in [0.15, 0.2) is 0 Å². The molecule has 2 heterocycles. The van der Waals surface area contributed by atoms with Gasteiger partial charge in [0.1, 0.15) is 12.4 Å². The van der Waals surface area contributed by atoms with Crippen LogP contribution in [-0.2, 0) is 4.74 Å². The molecular weight excluding hydrogens is 448 g/mol. The largest absolute Gasteiger partial charge is 0.492 e. The third-order valence-electron chi connectivity index (χ3n) is 7.24. The van der Waals surface area contributed by atoms with Crippen LogP contribution < -0.4 is 15.4 Å². The summed E-state index contributed by atoms with van der Waals surface area (Å²) in [5, 5.41) is 16.7. The van der Waals surface area contributed by atoms with Crippen LogP contribution in [0, 0.1) is 0 Å². The number of rotatable bonds is 7.